The van der Waals surface area contributed by atoms with E-state index in [1.165, 1.54) is 0 Å². The van der Waals surface area contributed by atoms with E-state index in [4.69, 9.17) is 4.74 Å². The highest BCUT2D eigenvalue weighted by atomic mass is 16.6. The standard InChI is InChI=1S/C16H27NO3/c1-12(18)16-8-5-15(6-9-16,7-10-16)11-17-13(19)20-14(2,3)4/h5-11H2,1-4H3,(H,17,19)/t15-,16+. The van der Waals surface area contributed by atoms with Crippen LogP contribution in [0.15, 0.2) is 0 Å². The van der Waals surface area contributed by atoms with Gasteiger partial charge in [0.1, 0.15) is 11.4 Å². The van der Waals surface area contributed by atoms with Crippen molar-refractivity contribution in [2.24, 2.45) is 10.8 Å². The second-order valence-electron chi connectivity index (χ2n) is 7.69. The molecule has 0 aromatic carbocycles. The molecular weight excluding hydrogens is 254 g/mol. The average Bonchev–Trinajstić information content (AvgIpc) is 2.37. The van der Waals surface area contributed by atoms with Gasteiger partial charge in [-0.05, 0) is 71.6 Å². The maximum absolute atomic E-state index is 11.8. The lowest BCUT2D eigenvalue weighted by Gasteiger charge is -2.52. The van der Waals surface area contributed by atoms with E-state index in [0.29, 0.717) is 12.3 Å². The molecule has 0 aromatic heterocycles. The minimum Gasteiger partial charge on any atom is -0.444 e. The fourth-order valence-electron chi connectivity index (χ4n) is 3.63. The Labute approximate surface area is 121 Å². The largest absolute Gasteiger partial charge is 0.444 e. The van der Waals surface area contributed by atoms with Crippen LogP contribution in [0.4, 0.5) is 4.79 Å². The summed E-state index contributed by atoms with van der Waals surface area (Å²) >= 11 is 0. The van der Waals surface area contributed by atoms with Crippen LogP contribution < -0.4 is 5.32 Å². The zero-order valence-electron chi connectivity index (χ0n) is 13.2. The molecule has 2 bridgehead atoms. The van der Waals surface area contributed by atoms with Gasteiger partial charge < -0.3 is 10.1 Å². The maximum atomic E-state index is 11.8. The quantitative estimate of drug-likeness (QED) is 0.862. The number of ketones is 1. The van der Waals surface area contributed by atoms with Crippen LogP contribution in [-0.4, -0.2) is 24.0 Å². The maximum Gasteiger partial charge on any atom is 0.407 e. The Kier molecular flexibility index (Phi) is 3.87. The minimum atomic E-state index is -0.454. The first-order valence-corrected chi connectivity index (χ1v) is 7.64. The number of carbonyl (C=O) groups excluding carboxylic acids is 2. The molecule has 0 saturated heterocycles. The smallest absolute Gasteiger partial charge is 0.407 e. The van der Waals surface area contributed by atoms with Crippen molar-refractivity contribution < 1.29 is 14.3 Å². The first kappa shape index (κ1) is 15.3. The number of alkyl carbamates (subject to hydrolysis) is 1. The van der Waals surface area contributed by atoms with Crippen molar-refractivity contribution in [1.29, 1.82) is 0 Å². The molecule has 1 N–H and O–H groups in total. The van der Waals surface area contributed by atoms with Crippen molar-refractivity contribution in [2.45, 2.75) is 71.8 Å². The van der Waals surface area contributed by atoms with Gasteiger partial charge in [-0.1, -0.05) is 0 Å². The lowest BCUT2D eigenvalue weighted by molar-refractivity contribution is -0.135. The molecule has 3 aliphatic carbocycles. The first-order chi connectivity index (χ1) is 9.17. The van der Waals surface area contributed by atoms with Gasteiger partial charge in [-0.3, -0.25) is 4.79 Å². The summed E-state index contributed by atoms with van der Waals surface area (Å²) < 4.78 is 5.28. The third-order valence-corrected chi connectivity index (χ3v) is 5.16. The topological polar surface area (TPSA) is 55.4 Å². The van der Waals surface area contributed by atoms with Crippen LogP contribution in [0.2, 0.25) is 0 Å². The molecule has 3 aliphatic rings. The molecular formula is C16H27NO3. The Morgan fingerprint density at radius 2 is 1.55 bits per heavy atom. The van der Waals surface area contributed by atoms with Gasteiger partial charge in [0.15, 0.2) is 0 Å². The number of rotatable bonds is 3. The molecule has 114 valence electrons. The molecule has 0 radical (unpaired) electrons. The SMILES string of the molecule is CC(=O)[C@]12CC[C@](CNC(=O)OC(C)(C)C)(CC1)CC2. The highest BCUT2D eigenvalue weighted by Crippen LogP contribution is 2.56. The van der Waals surface area contributed by atoms with Crippen molar-refractivity contribution >= 4 is 11.9 Å². The second-order valence-corrected chi connectivity index (χ2v) is 7.69. The van der Waals surface area contributed by atoms with Crippen molar-refractivity contribution in [3.8, 4) is 0 Å². The third-order valence-electron chi connectivity index (χ3n) is 5.16. The zero-order chi connectivity index (χ0) is 15.0. The molecule has 3 saturated carbocycles. The molecule has 0 unspecified atom stereocenters. The molecule has 0 spiro atoms. The fourth-order valence-corrected chi connectivity index (χ4v) is 3.63. The minimum absolute atomic E-state index is 0.0479. The Morgan fingerprint density at radius 1 is 1.05 bits per heavy atom. The van der Waals surface area contributed by atoms with Gasteiger partial charge in [-0.15, -0.1) is 0 Å². The van der Waals surface area contributed by atoms with E-state index >= 15 is 0 Å². The molecule has 3 fully saturated rings. The van der Waals surface area contributed by atoms with E-state index in [-0.39, 0.29) is 16.9 Å². The number of ether oxygens (including phenoxy) is 1. The van der Waals surface area contributed by atoms with Crippen LogP contribution in [0, 0.1) is 10.8 Å². The van der Waals surface area contributed by atoms with Crippen molar-refractivity contribution in [3.05, 3.63) is 0 Å². The summed E-state index contributed by atoms with van der Waals surface area (Å²) in [7, 11) is 0. The van der Waals surface area contributed by atoms with Gasteiger partial charge in [0.25, 0.3) is 0 Å². The molecule has 3 rings (SSSR count). The molecule has 0 aromatic rings. The van der Waals surface area contributed by atoms with Gasteiger partial charge in [0.05, 0.1) is 0 Å². The number of Topliss-reactive ketones (excluding diaryl/α,β-unsaturated/α-hetero) is 1. The number of hydrogen-bond acceptors (Lipinski definition) is 3. The Bertz CT molecular complexity index is 384. The summed E-state index contributed by atoms with van der Waals surface area (Å²) in [6.07, 6.45) is 5.75. The highest BCUT2D eigenvalue weighted by Gasteiger charge is 2.50. The molecule has 4 heteroatoms. The first-order valence-electron chi connectivity index (χ1n) is 7.64. The van der Waals surface area contributed by atoms with Gasteiger partial charge >= 0.3 is 6.09 Å². The predicted molar refractivity (Wildman–Crippen MR) is 77.5 cm³/mol. The van der Waals surface area contributed by atoms with Crippen molar-refractivity contribution in [3.63, 3.8) is 0 Å². The zero-order valence-corrected chi connectivity index (χ0v) is 13.2. The summed E-state index contributed by atoms with van der Waals surface area (Å²) in [5.74, 6) is 0.353. The van der Waals surface area contributed by atoms with Crippen LogP contribution in [0.5, 0.6) is 0 Å². The lowest BCUT2D eigenvalue weighted by Crippen LogP contribution is -2.50. The third kappa shape index (κ3) is 3.15. The van der Waals surface area contributed by atoms with E-state index in [0.717, 1.165) is 38.5 Å². The highest BCUT2D eigenvalue weighted by molar-refractivity contribution is 5.82. The predicted octanol–water partition coefficient (Wildman–Crippen LogP) is 3.44. The number of amides is 1. The van der Waals surface area contributed by atoms with E-state index in [1.807, 2.05) is 20.8 Å². The number of hydrogen-bond donors (Lipinski definition) is 1. The van der Waals surface area contributed by atoms with E-state index in [9.17, 15) is 9.59 Å². The summed E-state index contributed by atoms with van der Waals surface area (Å²) in [4.78, 5) is 23.6. The van der Waals surface area contributed by atoms with Gasteiger partial charge in [-0.2, -0.15) is 0 Å². The molecule has 4 nitrogen and oxygen atoms in total. The number of carbonyl (C=O) groups is 2. The normalized spacial score (nSPS) is 32.8. The Morgan fingerprint density at radius 3 is 1.95 bits per heavy atom. The number of nitrogens with one attached hydrogen (secondary N) is 1. The van der Waals surface area contributed by atoms with Gasteiger partial charge in [0, 0.05) is 12.0 Å². The lowest BCUT2D eigenvalue weighted by atomic mass is 9.52. The number of fused-ring (bicyclic) bond motifs is 3. The average molecular weight is 281 g/mol. The molecule has 1 amide bonds. The van der Waals surface area contributed by atoms with Crippen LogP contribution in [-0.2, 0) is 9.53 Å². The van der Waals surface area contributed by atoms with Crippen molar-refractivity contribution in [2.75, 3.05) is 6.54 Å². The monoisotopic (exact) mass is 281 g/mol. The summed E-state index contributed by atoms with van der Waals surface area (Å²) in [6, 6.07) is 0. The summed E-state index contributed by atoms with van der Waals surface area (Å²) in [5.41, 5.74) is -0.313. The van der Waals surface area contributed by atoms with E-state index in [1.54, 1.807) is 6.92 Å². The van der Waals surface area contributed by atoms with Crippen molar-refractivity contribution in [1.82, 2.24) is 5.32 Å². The second kappa shape index (κ2) is 5.05. The van der Waals surface area contributed by atoms with Crippen LogP contribution in [0.25, 0.3) is 0 Å². The van der Waals surface area contributed by atoms with Gasteiger partial charge in [0.2, 0.25) is 0 Å². The van der Waals surface area contributed by atoms with Crippen LogP contribution >= 0.6 is 0 Å². The Balaban J connectivity index is 1.87. The molecule has 0 atom stereocenters. The summed E-state index contributed by atoms with van der Waals surface area (Å²) in [6.45, 7) is 8.01. The molecule has 0 heterocycles. The molecule has 0 aliphatic heterocycles. The van der Waals surface area contributed by atoms with Crippen LogP contribution in [0.3, 0.4) is 0 Å². The van der Waals surface area contributed by atoms with E-state index < -0.39 is 5.60 Å². The summed E-state index contributed by atoms with van der Waals surface area (Å²) in [5, 5.41) is 2.92. The fraction of sp³-hybridized carbons (Fsp3) is 0.875. The van der Waals surface area contributed by atoms with E-state index in [2.05, 4.69) is 5.32 Å². The van der Waals surface area contributed by atoms with Crippen LogP contribution in [0.1, 0.15) is 66.2 Å². The Hall–Kier alpha value is -1.06. The molecule has 20 heavy (non-hydrogen) atoms. The van der Waals surface area contributed by atoms with Gasteiger partial charge in [-0.25, -0.2) is 4.79 Å².